The van der Waals surface area contributed by atoms with Crippen LogP contribution < -0.4 is 15.4 Å². The van der Waals surface area contributed by atoms with E-state index in [0.29, 0.717) is 18.9 Å². The Bertz CT molecular complexity index is 1260. The molecule has 220 valence electrons. The second kappa shape index (κ2) is 12.2. The van der Waals surface area contributed by atoms with E-state index in [9.17, 15) is 19.4 Å². The van der Waals surface area contributed by atoms with Crippen molar-refractivity contribution in [2.45, 2.75) is 89.5 Å². The molecule has 2 aromatic rings. The predicted octanol–water partition coefficient (Wildman–Crippen LogP) is 2.59. The topological polar surface area (TPSA) is 139 Å². The second-order valence-electron chi connectivity index (χ2n) is 12.2. The smallest absolute Gasteiger partial charge is 0.472 e. The van der Waals surface area contributed by atoms with Crippen molar-refractivity contribution in [3.63, 3.8) is 0 Å². The molecule has 0 spiro atoms. The Kier molecular flexibility index (Phi) is 8.70. The third-order valence-corrected chi connectivity index (χ3v) is 8.10. The number of fused-ring (bicyclic) bond motifs is 1. The molecule has 3 aliphatic rings. The van der Waals surface area contributed by atoms with Gasteiger partial charge in [0.05, 0.1) is 12.5 Å². The summed E-state index contributed by atoms with van der Waals surface area (Å²) in [6.07, 6.45) is 4.69. The van der Waals surface area contributed by atoms with Crippen molar-refractivity contribution < 1.29 is 33.5 Å². The van der Waals surface area contributed by atoms with Crippen LogP contribution >= 0.6 is 0 Å². The quantitative estimate of drug-likeness (QED) is 0.435. The maximum atomic E-state index is 14.1. The van der Waals surface area contributed by atoms with Gasteiger partial charge in [-0.25, -0.2) is 9.78 Å². The van der Waals surface area contributed by atoms with E-state index < -0.39 is 54.6 Å². The minimum absolute atomic E-state index is 0.122. The standard InChI is InChI=1S/C29H39BN4O7/c1-29(2,3)24(33-28(37)41-19-9-5-6-10-19)27(36)34-17-20(16-22(34)25(35)32-23-13-15-39-30(23)38)40-26-21-11-7-4-8-18(21)12-14-31-26/h4,7-8,11-12,14,19-20,22-24,38H,5-6,9-10,13,15-17H2,1-3H3,(H,32,35)(H,33,37)/t20-,22+,23-,24-/m1/s1. The summed E-state index contributed by atoms with van der Waals surface area (Å²) in [5.74, 6) is -0.962. The molecule has 0 unspecified atom stereocenters. The van der Waals surface area contributed by atoms with E-state index in [1.165, 1.54) is 4.90 Å². The molecule has 1 saturated carbocycles. The lowest BCUT2D eigenvalue weighted by Crippen LogP contribution is -2.59. The van der Waals surface area contributed by atoms with Gasteiger partial charge >= 0.3 is 13.2 Å². The summed E-state index contributed by atoms with van der Waals surface area (Å²) in [7, 11) is -1.11. The Morgan fingerprint density at radius 1 is 1.12 bits per heavy atom. The maximum Gasteiger partial charge on any atom is 0.478 e. The molecule has 2 aliphatic heterocycles. The minimum Gasteiger partial charge on any atom is -0.472 e. The van der Waals surface area contributed by atoms with E-state index in [2.05, 4.69) is 15.6 Å². The van der Waals surface area contributed by atoms with Gasteiger partial charge in [-0.2, -0.15) is 0 Å². The van der Waals surface area contributed by atoms with Gasteiger partial charge in [0.1, 0.15) is 24.3 Å². The number of amides is 3. The summed E-state index contributed by atoms with van der Waals surface area (Å²) in [6.45, 7) is 6.03. The number of pyridine rings is 1. The SMILES string of the molecule is CC(C)(C)[C@H](NC(=O)OC1CCCC1)C(=O)N1C[C@H](Oc2nccc3ccccc23)C[C@H]1C(=O)N[C@@H]1CCOB1O. The molecule has 3 N–H and O–H groups in total. The highest BCUT2D eigenvalue weighted by molar-refractivity contribution is 6.46. The number of hydrogen-bond donors (Lipinski definition) is 3. The summed E-state index contributed by atoms with van der Waals surface area (Å²) in [6, 6.07) is 7.77. The summed E-state index contributed by atoms with van der Waals surface area (Å²) in [5.41, 5.74) is -0.668. The molecule has 11 nitrogen and oxygen atoms in total. The van der Waals surface area contributed by atoms with Gasteiger partial charge in [-0.3, -0.25) is 9.59 Å². The number of aromatic nitrogens is 1. The lowest BCUT2D eigenvalue weighted by molar-refractivity contribution is -0.142. The Morgan fingerprint density at radius 3 is 2.59 bits per heavy atom. The van der Waals surface area contributed by atoms with Gasteiger partial charge in [0.15, 0.2) is 0 Å². The molecule has 0 bridgehead atoms. The van der Waals surface area contributed by atoms with E-state index in [1.807, 2.05) is 51.1 Å². The average Bonchev–Trinajstić information content (AvgIpc) is 3.69. The molecule has 5 rings (SSSR count). The van der Waals surface area contributed by atoms with Gasteiger partial charge in [0.2, 0.25) is 17.7 Å². The number of nitrogens with zero attached hydrogens (tertiary/aromatic N) is 2. The highest BCUT2D eigenvalue weighted by Gasteiger charge is 2.47. The number of likely N-dealkylation sites (tertiary alicyclic amines) is 1. The fourth-order valence-electron chi connectivity index (χ4n) is 5.84. The highest BCUT2D eigenvalue weighted by Crippen LogP contribution is 2.31. The zero-order valence-corrected chi connectivity index (χ0v) is 23.9. The van der Waals surface area contributed by atoms with Gasteiger partial charge in [0, 0.05) is 24.6 Å². The van der Waals surface area contributed by atoms with Crippen LogP contribution in [0.1, 0.15) is 59.3 Å². The third-order valence-electron chi connectivity index (χ3n) is 8.10. The van der Waals surface area contributed by atoms with Crippen LogP contribution in [0.3, 0.4) is 0 Å². The number of nitrogens with one attached hydrogen (secondary N) is 2. The summed E-state index contributed by atoms with van der Waals surface area (Å²) < 4.78 is 17.1. The molecule has 1 aliphatic carbocycles. The number of rotatable bonds is 7. The predicted molar refractivity (Wildman–Crippen MR) is 152 cm³/mol. The van der Waals surface area contributed by atoms with Crippen molar-refractivity contribution in [3.8, 4) is 5.88 Å². The van der Waals surface area contributed by atoms with Crippen LogP contribution in [0.25, 0.3) is 10.8 Å². The second-order valence-corrected chi connectivity index (χ2v) is 12.2. The first kappa shape index (κ1) is 29.1. The molecular formula is C29H39BN4O7. The Balaban J connectivity index is 1.37. The normalized spacial score (nSPS) is 24.0. The lowest BCUT2D eigenvalue weighted by atomic mass is 9.80. The summed E-state index contributed by atoms with van der Waals surface area (Å²) in [4.78, 5) is 46.4. The van der Waals surface area contributed by atoms with Gasteiger partial charge in [-0.15, -0.1) is 0 Å². The Labute approximate surface area is 240 Å². The molecule has 41 heavy (non-hydrogen) atoms. The molecule has 1 aromatic carbocycles. The van der Waals surface area contributed by atoms with Gasteiger partial charge < -0.3 is 34.7 Å². The van der Waals surface area contributed by atoms with Crippen LogP contribution in [0.5, 0.6) is 5.88 Å². The largest absolute Gasteiger partial charge is 0.478 e. The third kappa shape index (κ3) is 6.75. The fraction of sp³-hybridized carbons (Fsp3) is 0.586. The number of ether oxygens (including phenoxy) is 2. The van der Waals surface area contributed by atoms with Crippen molar-refractivity contribution in [2.24, 2.45) is 5.41 Å². The van der Waals surface area contributed by atoms with Crippen molar-refractivity contribution >= 4 is 35.8 Å². The highest BCUT2D eigenvalue weighted by atomic mass is 16.6. The Morgan fingerprint density at radius 2 is 1.88 bits per heavy atom. The van der Waals surface area contributed by atoms with E-state index in [1.54, 1.807) is 6.20 Å². The molecule has 2 saturated heterocycles. The van der Waals surface area contributed by atoms with Crippen molar-refractivity contribution in [1.82, 2.24) is 20.5 Å². The first-order valence-electron chi connectivity index (χ1n) is 14.5. The van der Waals surface area contributed by atoms with Crippen LogP contribution in [0.2, 0.25) is 0 Å². The molecule has 1 aromatic heterocycles. The van der Waals surface area contributed by atoms with E-state index >= 15 is 0 Å². The molecular weight excluding hydrogens is 527 g/mol. The van der Waals surface area contributed by atoms with Crippen LogP contribution in [0.15, 0.2) is 36.5 Å². The fourth-order valence-corrected chi connectivity index (χ4v) is 5.84. The summed E-state index contributed by atoms with van der Waals surface area (Å²) >= 11 is 0. The maximum absolute atomic E-state index is 14.1. The van der Waals surface area contributed by atoms with E-state index in [4.69, 9.17) is 14.1 Å². The number of benzene rings is 1. The van der Waals surface area contributed by atoms with Crippen molar-refractivity contribution in [2.75, 3.05) is 13.2 Å². The van der Waals surface area contributed by atoms with Gasteiger partial charge in [-0.05, 0) is 55.0 Å². The first-order chi connectivity index (χ1) is 19.6. The van der Waals surface area contributed by atoms with Gasteiger partial charge in [0.25, 0.3) is 0 Å². The molecule has 3 amide bonds. The van der Waals surface area contributed by atoms with Crippen LogP contribution in [0.4, 0.5) is 4.79 Å². The molecule has 3 heterocycles. The average molecular weight is 566 g/mol. The number of carbonyl (C=O) groups excluding carboxylic acids is 3. The number of carbonyl (C=O) groups is 3. The van der Waals surface area contributed by atoms with Crippen molar-refractivity contribution in [1.29, 1.82) is 0 Å². The summed E-state index contributed by atoms with van der Waals surface area (Å²) in [5, 5.41) is 17.5. The first-order valence-corrected chi connectivity index (χ1v) is 14.5. The van der Waals surface area contributed by atoms with Crippen LogP contribution in [0, 0.1) is 5.41 Å². The Hall–Kier alpha value is -3.38. The monoisotopic (exact) mass is 566 g/mol. The number of hydrogen-bond acceptors (Lipinski definition) is 8. The zero-order chi connectivity index (χ0) is 29.1. The molecule has 4 atom stereocenters. The van der Waals surface area contributed by atoms with Gasteiger partial charge in [-0.1, -0.05) is 39.0 Å². The molecule has 3 fully saturated rings. The van der Waals surface area contributed by atoms with Crippen LogP contribution in [-0.4, -0.2) is 83.3 Å². The lowest BCUT2D eigenvalue weighted by Gasteiger charge is -2.35. The molecule has 12 heteroatoms. The van der Waals surface area contributed by atoms with E-state index in [0.717, 1.165) is 36.5 Å². The van der Waals surface area contributed by atoms with Crippen molar-refractivity contribution in [3.05, 3.63) is 36.5 Å². The zero-order valence-electron chi connectivity index (χ0n) is 23.9. The van der Waals surface area contributed by atoms with Crippen LogP contribution in [-0.2, 0) is 19.0 Å². The van der Waals surface area contributed by atoms with E-state index in [-0.39, 0.29) is 19.1 Å². The number of alkyl carbamates (subject to hydrolysis) is 1. The molecule has 0 radical (unpaired) electrons. The minimum atomic E-state index is -1.11.